The molecule has 112 valence electrons. The second-order valence-corrected chi connectivity index (χ2v) is 6.49. The minimum Gasteiger partial charge on any atom is -0.378 e. The summed E-state index contributed by atoms with van der Waals surface area (Å²) in [5, 5.41) is 0.915. The number of carbonyl (C=O) groups is 1. The SMILES string of the molecule is COCc1nc(N(C)CC2CCN(C)CC2)sc1C=O. The molecule has 1 saturated heterocycles. The number of thiazole rings is 1. The van der Waals surface area contributed by atoms with Gasteiger partial charge in [-0.1, -0.05) is 11.3 Å². The molecule has 0 N–H and O–H groups in total. The first-order chi connectivity index (χ1) is 9.63. The lowest BCUT2D eigenvalue weighted by Crippen LogP contribution is -2.35. The fourth-order valence-electron chi connectivity index (χ4n) is 2.56. The molecule has 0 radical (unpaired) electrons. The summed E-state index contributed by atoms with van der Waals surface area (Å²) in [6.07, 6.45) is 3.34. The van der Waals surface area contributed by atoms with Gasteiger partial charge in [-0.25, -0.2) is 4.98 Å². The third-order valence-corrected chi connectivity index (χ3v) is 4.94. The Kier molecular flexibility index (Phi) is 5.51. The van der Waals surface area contributed by atoms with Gasteiger partial charge in [-0.3, -0.25) is 4.79 Å². The van der Waals surface area contributed by atoms with Crippen molar-refractivity contribution in [2.24, 2.45) is 5.92 Å². The van der Waals surface area contributed by atoms with Crippen LogP contribution in [0.15, 0.2) is 0 Å². The highest BCUT2D eigenvalue weighted by Gasteiger charge is 2.20. The second kappa shape index (κ2) is 7.15. The quantitative estimate of drug-likeness (QED) is 0.750. The van der Waals surface area contributed by atoms with Gasteiger partial charge in [-0.2, -0.15) is 0 Å². The van der Waals surface area contributed by atoms with E-state index in [0.29, 0.717) is 17.4 Å². The van der Waals surface area contributed by atoms with Crippen LogP contribution in [0.2, 0.25) is 0 Å². The molecule has 2 heterocycles. The third kappa shape index (κ3) is 3.77. The van der Waals surface area contributed by atoms with Crippen molar-refractivity contribution in [1.82, 2.24) is 9.88 Å². The van der Waals surface area contributed by atoms with Gasteiger partial charge >= 0.3 is 0 Å². The molecule has 5 nitrogen and oxygen atoms in total. The van der Waals surface area contributed by atoms with E-state index in [9.17, 15) is 4.79 Å². The summed E-state index contributed by atoms with van der Waals surface area (Å²) in [5.41, 5.74) is 0.748. The monoisotopic (exact) mass is 297 g/mol. The fourth-order valence-corrected chi connectivity index (χ4v) is 3.41. The Morgan fingerprint density at radius 1 is 1.50 bits per heavy atom. The lowest BCUT2D eigenvalue weighted by atomic mass is 9.97. The summed E-state index contributed by atoms with van der Waals surface area (Å²) in [5.74, 6) is 0.714. The number of methoxy groups -OCH3 is 1. The number of anilines is 1. The number of hydrogen-bond donors (Lipinski definition) is 0. The highest BCUT2D eigenvalue weighted by atomic mass is 32.1. The van der Waals surface area contributed by atoms with E-state index in [0.717, 1.165) is 23.7 Å². The summed E-state index contributed by atoms with van der Waals surface area (Å²) >= 11 is 1.45. The number of nitrogens with zero attached hydrogens (tertiary/aromatic N) is 3. The Hall–Kier alpha value is -0.980. The van der Waals surface area contributed by atoms with Crippen molar-refractivity contribution in [1.29, 1.82) is 0 Å². The molecular formula is C14H23N3O2S. The van der Waals surface area contributed by atoms with E-state index in [1.165, 1.54) is 37.3 Å². The average molecular weight is 297 g/mol. The summed E-state index contributed by atoms with van der Waals surface area (Å²) in [6, 6.07) is 0. The molecule has 0 saturated carbocycles. The number of carbonyl (C=O) groups excluding carboxylic acids is 1. The van der Waals surface area contributed by atoms with Crippen molar-refractivity contribution in [2.75, 3.05) is 45.7 Å². The molecular weight excluding hydrogens is 274 g/mol. The van der Waals surface area contributed by atoms with Gasteiger partial charge in [0.1, 0.15) is 0 Å². The van der Waals surface area contributed by atoms with Crippen molar-refractivity contribution in [2.45, 2.75) is 19.4 Å². The topological polar surface area (TPSA) is 45.7 Å². The van der Waals surface area contributed by atoms with Crippen molar-refractivity contribution in [3.05, 3.63) is 10.6 Å². The molecule has 6 heteroatoms. The molecule has 1 aromatic rings. The third-order valence-electron chi connectivity index (χ3n) is 3.80. The summed E-state index contributed by atoms with van der Waals surface area (Å²) < 4.78 is 5.09. The zero-order chi connectivity index (χ0) is 14.5. The fraction of sp³-hybridized carbons (Fsp3) is 0.714. The number of likely N-dealkylation sites (tertiary alicyclic amines) is 1. The van der Waals surface area contributed by atoms with Crippen LogP contribution in [0.5, 0.6) is 0 Å². The molecule has 0 aliphatic carbocycles. The summed E-state index contributed by atoms with van der Waals surface area (Å²) in [4.78, 5) is 20.8. The van der Waals surface area contributed by atoms with Crippen LogP contribution in [0, 0.1) is 5.92 Å². The Bertz CT molecular complexity index is 442. The van der Waals surface area contributed by atoms with Crippen LogP contribution >= 0.6 is 11.3 Å². The van der Waals surface area contributed by atoms with E-state index in [1.54, 1.807) is 7.11 Å². The van der Waals surface area contributed by atoms with Crippen LogP contribution in [0.1, 0.15) is 28.2 Å². The van der Waals surface area contributed by atoms with Crippen LogP contribution in [-0.2, 0) is 11.3 Å². The highest BCUT2D eigenvalue weighted by Crippen LogP contribution is 2.27. The van der Waals surface area contributed by atoms with Gasteiger partial charge in [0, 0.05) is 20.7 Å². The average Bonchev–Trinajstić information content (AvgIpc) is 2.85. The number of hydrogen-bond acceptors (Lipinski definition) is 6. The minimum absolute atomic E-state index is 0.395. The number of rotatable bonds is 6. The molecule has 0 atom stereocenters. The molecule has 1 aliphatic rings. The molecule has 0 spiro atoms. The molecule has 20 heavy (non-hydrogen) atoms. The smallest absolute Gasteiger partial charge is 0.186 e. The second-order valence-electron chi connectivity index (χ2n) is 5.49. The maximum absolute atomic E-state index is 11.1. The maximum atomic E-state index is 11.1. The van der Waals surface area contributed by atoms with E-state index < -0.39 is 0 Å². The summed E-state index contributed by atoms with van der Waals surface area (Å²) in [6.45, 7) is 3.74. The molecule has 1 aliphatic heterocycles. The zero-order valence-corrected chi connectivity index (χ0v) is 13.3. The Morgan fingerprint density at radius 2 is 2.20 bits per heavy atom. The van der Waals surface area contributed by atoms with E-state index >= 15 is 0 Å². The molecule has 1 fully saturated rings. The molecule has 0 amide bonds. The number of piperidine rings is 1. The van der Waals surface area contributed by atoms with E-state index in [-0.39, 0.29) is 0 Å². The number of ether oxygens (including phenoxy) is 1. The molecule has 1 aromatic heterocycles. The first-order valence-electron chi connectivity index (χ1n) is 6.97. The minimum atomic E-state index is 0.395. The lowest BCUT2D eigenvalue weighted by molar-refractivity contribution is 0.112. The molecule has 0 unspecified atom stereocenters. The first kappa shape index (κ1) is 15.4. The van der Waals surface area contributed by atoms with Crippen LogP contribution in [0.4, 0.5) is 5.13 Å². The van der Waals surface area contributed by atoms with Crippen LogP contribution in [0.25, 0.3) is 0 Å². The predicted octanol–water partition coefficient (Wildman–Crippen LogP) is 1.88. The predicted molar refractivity (Wildman–Crippen MR) is 81.7 cm³/mol. The van der Waals surface area contributed by atoms with Gasteiger partial charge in [-0.05, 0) is 38.9 Å². The van der Waals surface area contributed by atoms with Gasteiger partial charge in [0.25, 0.3) is 0 Å². The molecule has 0 aromatic carbocycles. The van der Waals surface area contributed by atoms with Crippen LogP contribution in [-0.4, -0.2) is 57.0 Å². The Balaban J connectivity index is 1.98. The van der Waals surface area contributed by atoms with E-state index in [4.69, 9.17) is 4.74 Å². The van der Waals surface area contributed by atoms with Crippen molar-refractivity contribution in [3.63, 3.8) is 0 Å². The normalized spacial score (nSPS) is 17.4. The van der Waals surface area contributed by atoms with Gasteiger partial charge in [0.2, 0.25) is 0 Å². The zero-order valence-electron chi connectivity index (χ0n) is 12.5. The Labute approximate surface area is 124 Å². The van der Waals surface area contributed by atoms with Gasteiger partial charge < -0.3 is 14.5 Å². The number of aldehydes is 1. The number of aromatic nitrogens is 1. The van der Waals surface area contributed by atoms with Gasteiger partial charge in [0.15, 0.2) is 11.4 Å². The van der Waals surface area contributed by atoms with E-state index in [1.807, 2.05) is 0 Å². The first-order valence-corrected chi connectivity index (χ1v) is 7.79. The summed E-state index contributed by atoms with van der Waals surface area (Å²) in [7, 11) is 5.85. The standard InChI is InChI=1S/C14H23N3O2S/c1-16-6-4-11(5-7-16)8-17(2)14-15-12(10-19-3)13(9-18)20-14/h9,11H,4-8,10H2,1-3H3. The van der Waals surface area contributed by atoms with Crippen molar-refractivity contribution >= 4 is 22.8 Å². The molecule has 0 bridgehead atoms. The van der Waals surface area contributed by atoms with Gasteiger partial charge in [0.05, 0.1) is 17.2 Å². The molecule has 2 rings (SSSR count). The van der Waals surface area contributed by atoms with Crippen LogP contribution in [0.3, 0.4) is 0 Å². The van der Waals surface area contributed by atoms with E-state index in [2.05, 4.69) is 28.9 Å². The van der Waals surface area contributed by atoms with Crippen LogP contribution < -0.4 is 4.90 Å². The van der Waals surface area contributed by atoms with Gasteiger partial charge in [-0.15, -0.1) is 0 Å². The van der Waals surface area contributed by atoms with Crippen molar-refractivity contribution in [3.8, 4) is 0 Å². The maximum Gasteiger partial charge on any atom is 0.186 e. The largest absolute Gasteiger partial charge is 0.378 e. The van der Waals surface area contributed by atoms with Crippen molar-refractivity contribution < 1.29 is 9.53 Å². The lowest BCUT2D eigenvalue weighted by Gasteiger charge is -2.31. The Morgan fingerprint density at radius 3 is 2.80 bits per heavy atom. The highest BCUT2D eigenvalue weighted by molar-refractivity contribution is 7.17.